The van der Waals surface area contributed by atoms with Crippen molar-refractivity contribution in [1.29, 1.82) is 0 Å². The van der Waals surface area contributed by atoms with E-state index in [0.29, 0.717) is 17.4 Å². The molecule has 0 atom stereocenters. The Morgan fingerprint density at radius 1 is 1.21 bits per heavy atom. The molecular weight excluding hydrogens is 327 g/mol. The highest BCUT2D eigenvalue weighted by molar-refractivity contribution is 5.57. The molecule has 10 heteroatoms. The van der Waals surface area contributed by atoms with E-state index in [1.165, 1.54) is 16.9 Å². The van der Waals surface area contributed by atoms with E-state index in [4.69, 9.17) is 0 Å². The predicted molar refractivity (Wildman–Crippen MR) is 78.4 cm³/mol. The molecule has 2 heterocycles. The van der Waals surface area contributed by atoms with Gasteiger partial charge in [-0.3, -0.25) is 10.1 Å². The summed E-state index contributed by atoms with van der Waals surface area (Å²) in [6, 6.07) is 5.86. The molecule has 0 amide bonds. The van der Waals surface area contributed by atoms with Gasteiger partial charge in [0.05, 0.1) is 28.9 Å². The Morgan fingerprint density at radius 3 is 2.71 bits per heavy atom. The minimum Gasteiger partial charge on any atom is -0.379 e. The van der Waals surface area contributed by atoms with Gasteiger partial charge in [-0.15, -0.1) is 0 Å². The third kappa shape index (κ3) is 2.98. The molecule has 7 nitrogen and oxygen atoms in total. The van der Waals surface area contributed by atoms with Crippen LogP contribution in [0.5, 0.6) is 0 Å². The molecule has 2 aromatic heterocycles. The largest absolute Gasteiger partial charge is 0.418 e. The molecule has 0 bridgehead atoms. The zero-order chi connectivity index (χ0) is 17.3. The molecule has 24 heavy (non-hydrogen) atoms. The first-order valence-electron chi connectivity index (χ1n) is 6.73. The van der Waals surface area contributed by atoms with Crippen LogP contribution >= 0.6 is 0 Å². The van der Waals surface area contributed by atoms with Crippen molar-refractivity contribution < 1.29 is 18.1 Å². The summed E-state index contributed by atoms with van der Waals surface area (Å²) in [6.45, 7) is 0.0432. The summed E-state index contributed by atoms with van der Waals surface area (Å²) in [4.78, 5) is 13.9. The SMILES string of the molecule is O=[N+]([O-])c1ccc(NCc2ccnc3ccnn23)c(C(F)(F)F)c1. The molecule has 0 saturated carbocycles. The van der Waals surface area contributed by atoms with Gasteiger partial charge in [0.25, 0.3) is 5.69 Å². The second-order valence-corrected chi connectivity index (χ2v) is 4.88. The van der Waals surface area contributed by atoms with Gasteiger partial charge in [-0.05, 0) is 12.1 Å². The lowest BCUT2D eigenvalue weighted by atomic mass is 10.1. The lowest BCUT2D eigenvalue weighted by Crippen LogP contribution is -2.13. The Bertz CT molecular complexity index is 907. The van der Waals surface area contributed by atoms with Crippen LogP contribution in [0.1, 0.15) is 11.3 Å². The summed E-state index contributed by atoms with van der Waals surface area (Å²) >= 11 is 0. The maximum absolute atomic E-state index is 13.1. The van der Waals surface area contributed by atoms with Crippen molar-refractivity contribution in [2.24, 2.45) is 0 Å². The van der Waals surface area contributed by atoms with E-state index in [0.717, 1.165) is 12.1 Å². The number of hydrogen-bond acceptors (Lipinski definition) is 5. The van der Waals surface area contributed by atoms with Crippen LogP contribution in [0.4, 0.5) is 24.5 Å². The molecule has 0 fully saturated rings. The number of nitro groups is 1. The van der Waals surface area contributed by atoms with Crippen LogP contribution in [0, 0.1) is 10.1 Å². The Kier molecular flexibility index (Phi) is 3.80. The van der Waals surface area contributed by atoms with Gasteiger partial charge < -0.3 is 5.32 Å². The Morgan fingerprint density at radius 2 is 2.00 bits per heavy atom. The van der Waals surface area contributed by atoms with Crippen LogP contribution in [0.15, 0.2) is 42.7 Å². The summed E-state index contributed by atoms with van der Waals surface area (Å²) in [5, 5.41) is 17.4. The fourth-order valence-electron chi connectivity index (χ4n) is 2.24. The van der Waals surface area contributed by atoms with Crippen LogP contribution < -0.4 is 5.32 Å². The number of anilines is 1. The van der Waals surface area contributed by atoms with Gasteiger partial charge in [0.15, 0.2) is 5.65 Å². The van der Waals surface area contributed by atoms with Gasteiger partial charge >= 0.3 is 6.18 Å². The number of aromatic nitrogens is 3. The first-order valence-corrected chi connectivity index (χ1v) is 6.73. The number of nitrogens with zero attached hydrogens (tertiary/aromatic N) is 4. The third-order valence-electron chi connectivity index (χ3n) is 3.35. The summed E-state index contributed by atoms with van der Waals surface area (Å²) in [5.41, 5.74) is -0.801. The minimum atomic E-state index is -4.71. The lowest BCUT2D eigenvalue weighted by Gasteiger charge is -2.14. The van der Waals surface area contributed by atoms with Gasteiger partial charge in [-0.25, -0.2) is 9.50 Å². The Balaban J connectivity index is 1.92. The number of benzene rings is 1. The van der Waals surface area contributed by atoms with Crippen LogP contribution in [-0.4, -0.2) is 19.5 Å². The van der Waals surface area contributed by atoms with Gasteiger partial charge in [-0.2, -0.15) is 18.3 Å². The van der Waals surface area contributed by atoms with E-state index in [1.54, 1.807) is 12.1 Å². The molecule has 1 aromatic carbocycles. The molecule has 124 valence electrons. The van der Waals surface area contributed by atoms with Crippen molar-refractivity contribution >= 4 is 17.0 Å². The van der Waals surface area contributed by atoms with Crippen LogP contribution in [0.25, 0.3) is 5.65 Å². The van der Waals surface area contributed by atoms with E-state index < -0.39 is 22.4 Å². The molecule has 0 spiro atoms. The monoisotopic (exact) mass is 337 g/mol. The first kappa shape index (κ1) is 15.7. The third-order valence-corrected chi connectivity index (χ3v) is 3.35. The molecule has 0 radical (unpaired) electrons. The number of non-ortho nitro benzene ring substituents is 1. The maximum Gasteiger partial charge on any atom is 0.418 e. The average Bonchev–Trinajstić information content (AvgIpc) is 3.00. The first-order chi connectivity index (χ1) is 11.4. The van der Waals surface area contributed by atoms with Crippen molar-refractivity contribution in [3.05, 3.63) is 64.1 Å². The van der Waals surface area contributed by atoms with Crippen molar-refractivity contribution in [2.45, 2.75) is 12.7 Å². The minimum absolute atomic E-state index is 0.0432. The molecular formula is C14H10F3N5O2. The van der Waals surface area contributed by atoms with Crippen molar-refractivity contribution in [1.82, 2.24) is 14.6 Å². The number of hydrogen-bond donors (Lipinski definition) is 1. The van der Waals surface area contributed by atoms with Gasteiger partial charge in [-0.1, -0.05) is 0 Å². The van der Waals surface area contributed by atoms with E-state index in [-0.39, 0.29) is 12.2 Å². The summed E-state index contributed by atoms with van der Waals surface area (Å²) < 4.78 is 40.9. The Labute approximate surface area is 132 Å². The molecule has 0 aliphatic heterocycles. The van der Waals surface area contributed by atoms with E-state index in [2.05, 4.69) is 15.4 Å². The summed E-state index contributed by atoms with van der Waals surface area (Å²) in [5.74, 6) is 0. The van der Waals surface area contributed by atoms with E-state index in [9.17, 15) is 23.3 Å². The fraction of sp³-hybridized carbons (Fsp3) is 0.143. The highest BCUT2D eigenvalue weighted by atomic mass is 19.4. The summed E-state index contributed by atoms with van der Waals surface area (Å²) in [6.07, 6.45) is -1.67. The number of rotatable bonds is 4. The number of alkyl halides is 3. The average molecular weight is 337 g/mol. The highest BCUT2D eigenvalue weighted by Crippen LogP contribution is 2.37. The second kappa shape index (κ2) is 5.80. The molecule has 1 N–H and O–H groups in total. The zero-order valence-corrected chi connectivity index (χ0v) is 12.0. The van der Waals surface area contributed by atoms with Crippen LogP contribution in [0.3, 0.4) is 0 Å². The van der Waals surface area contributed by atoms with Crippen molar-refractivity contribution in [3.63, 3.8) is 0 Å². The molecule has 0 aliphatic rings. The molecule has 3 rings (SSSR count). The normalized spacial score (nSPS) is 11.6. The number of nitrogens with one attached hydrogen (secondary N) is 1. The number of fused-ring (bicyclic) bond motifs is 1. The molecule has 0 unspecified atom stereocenters. The van der Waals surface area contributed by atoms with Gasteiger partial charge in [0.2, 0.25) is 0 Å². The maximum atomic E-state index is 13.1. The van der Waals surface area contributed by atoms with E-state index >= 15 is 0 Å². The zero-order valence-electron chi connectivity index (χ0n) is 12.0. The van der Waals surface area contributed by atoms with Crippen LogP contribution in [0.2, 0.25) is 0 Å². The number of halogens is 3. The van der Waals surface area contributed by atoms with Gasteiger partial charge in [0.1, 0.15) is 0 Å². The van der Waals surface area contributed by atoms with Gasteiger partial charge in [0, 0.05) is 30.1 Å². The molecule has 0 aliphatic carbocycles. The second-order valence-electron chi connectivity index (χ2n) is 4.88. The predicted octanol–water partition coefficient (Wildman–Crippen LogP) is 3.27. The standard InChI is InChI=1S/C14H10F3N5O2/c15-14(16,17)11-7-9(22(23)24)1-2-12(11)19-8-10-3-5-18-13-4-6-20-21(10)13/h1-7,19H,8H2. The van der Waals surface area contributed by atoms with Crippen molar-refractivity contribution in [3.8, 4) is 0 Å². The quantitative estimate of drug-likeness (QED) is 0.583. The smallest absolute Gasteiger partial charge is 0.379 e. The van der Waals surface area contributed by atoms with E-state index in [1.807, 2.05) is 0 Å². The molecule has 0 saturated heterocycles. The van der Waals surface area contributed by atoms with Crippen molar-refractivity contribution in [2.75, 3.05) is 5.32 Å². The summed E-state index contributed by atoms with van der Waals surface area (Å²) in [7, 11) is 0. The number of nitro benzene ring substituents is 1. The fourth-order valence-corrected chi connectivity index (χ4v) is 2.24. The van der Waals surface area contributed by atoms with Crippen LogP contribution in [-0.2, 0) is 12.7 Å². The lowest BCUT2D eigenvalue weighted by molar-refractivity contribution is -0.385. The highest BCUT2D eigenvalue weighted by Gasteiger charge is 2.35. The Hall–Kier alpha value is -3.17. The topological polar surface area (TPSA) is 85.4 Å². The molecule has 3 aromatic rings.